The average Bonchev–Trinajstić information content (AvgIpc) is 2.64. The number of aromatic nitrogens is 2. The molecule has 1 fully saturated rings. The largest absolute Gasteiger partial charge is 0.504 e. The topological polar surface area (TPSA) is 47.3 Å². The van der Waals surface area contributed by atoms with Crippen LogP contribution in [0.15, 0.2) is 10.8 Å². The van der Waals surface area contributed by atoms with Crippen LogP contribution in [-0.2, 0) is 4.74 Å². The normalized spacial score (nSPS) is 23.2. The molecule has 0 aliphatic carbocycles. The van der Waals surface area contributed by atoms with Crippen LogP contribution in [0.4, 0.5) is 0 Å². The van der Waals surface area contributed by atoms with Gasteiger partial charge < -0.3 is 9.84 Å². The summed E-state index contributed by atoms with van der Waals surface area (Å²) in [5.74, 6) is 0.182. The lowest BCUT2D eigenvalue weighted by Gasteiger charge is -2.08. The molecule has 1 saturated heterocycles. The highest BCUT2D eigenvalue weighted by Gasteiger charge is 2.21. The fourth-order valence-corrected chi connectivity index (χ4v) is 1.79. The van der Waals surface area contributed by atoms with Gasteiger partial charge in [0.05, 0.1) is 18.8 Å². The molecule has 0 amide bonds. The van der Waals surface area contributed by atoms with Crippen molar-refractivity contribution in [3.63, 3.8) is 0 Å². The van der Waals surface area contributed by atoms with E-state index in [4.69, 9.17) is 4.74 Å². The molecule has 4 nitrogen and oxygen atoms in total. The molecule has 0 bridgehead atoms. The molecule has 2 heterocycles. The van der Waals surface area contributed by atoms with Crippen LogP contribution in [0.5, 0.6) is 5.75 Å². The molecule has 12 heavy (non-hydrogen) atoms. The summed E-state index contributed by atoms with van der Waals surface area (Å²) in [5, 5.41) is 13.3. The lowest BCUT2D eigenvalue weighted by molar-refractivity contribution is 0.184. The Kier molecular flexibility index (Phi) is 2.06. The van der Waals surface area contributed by atoms with Crippen LogP contribution < -0.4 is 0 Å². The minimum absolute atomic E-state index is 0.182. The maximum atomic E-state index is 9.23. The molecular weight excluding hydrogens is 224 g/mol. The molecule has 1 aromatic rings. The maximum Gasteiger partial charge on any atom is 0.168 e. The van der Waals surface area contributed by atoms with Crippen LogP contribution in [0.1, 0.15) is 12.5 Å². The minimum Gasteiger partial charge on any atom is -0.504 e. The highest BCUT2D eigenvalue weighted by atomic mass is 79.9. The summed E-state index contributed by atoms with van der Waals surface area (Å²) in [6.45, 7) is 1.46. The first-order valence-corrected chi connectivity index (χ1v) is 4.58. The third-order valence-electron chi connectivity index (χ3n) is 1.97. The summed E-state index contributed by atoms with van der Waals surface area (Å²) in [4.78, 5) is 0. The van der Waals surface area contributed by atoms with E-state index in [-0.39, 0.29) is 11.8 Å². The summed E-state index contributed by atoms with van der Waals surface area (Å²) >= 11 is 3.26. The van der Waals surface area contributed by atoms with Crippen molar-refractivity contribution in [2.75, 3.05) is 13.2 Å². The lowest BCUT2D eigenvalue weighted by atomic mass is 10.3. The SMILES string of the molecule is Oc1cnn(C2CCOC2)c1Br. The summed E-state index contributed by atoms with van der Waals surface area (Å²) in [6.07, 6.45) is 2.39. The quantitative estimate of drug-likeness (QED) is 0.795. The van der Waals surface area contributed by atoms with Crippen molar-refractivity contribution >= 4 is 15.9 Å². The third kappa shape index (κ3) is 1.23. The fraction of sp³-hybridized carbons (Fsp3) is 0.571. The number of nitrogens with zero attached hydrogens (tertiary/aromatic N) is 2. The first-order valence-electron chi connectivity index (χ1n) is 3.79. The number of aromatic hydroxyl groups is 1. The number of hydrogen-bond acceptors (Lipinski definition) is 3. The Morgan fingerprint density at radius 3 is 3.08 bits per heavy atom. The van der Waals surface area contributed by atoms with E-state index in [9.17, 15) is 5.11 Å². The van der Waals surface area contributed by atoms with Gasteiger partial charge in [-0.15, -0.1) is 0 Å². The predicted octanol–water partition coefficient (Wildman–Crippen LogP) is 1.31. The highest BCUT2D eigenvalue weighted by Crippen LogP contribution is 2.28. The Balaban J connectivity index is 2.26. The van der Waals surface area contributed by atoms with E-state index < -0.39 is 0 Å². The van der Waals surface area contributed by atoms with Crippen molar-refractivity contribution in [3.05, 3.63) is 10.8 Å². The van der Waals surface area contributed by atoms with E-state index in [2.05, 4.69) is 21.0 Å². The number of halogens is 1. The number of hydrogen-bond donors (Lipinski definition) is 1. The van der Waals surface area contributed by atoms with Crippen LogP contribution in [0, 0.1) is 0 Å². The van der Waals surface area contributed by atoms with E-state index in [1.54, 1.807) is 4.68 Å². The molecule has 1 N–H and O–H groups in total. The summed E-state index contributed by atoms with van der Waals surface area (Å²) < 4.78 is 7.60. The second-order valence-electron chi connectivity index (χ2n) is 2.78. The van der Waals surface area contributed by atoms with Gasteiger partial charge in [-0.1, -0.05) is 0 Å². The van der Waals surface area contributed by atoms with Gasteiger partial charge in [0.15, 0.2) is 5.75 Å². The van der Waals surface area contributed by atoms with Crippen molar-refractivity contribution < 1.29 is 9.84 Å². The van der Waals surface area contributed by atoms with Crippen molar-refractivity contribution in [1.29, 1.82) is 0 Å². The molecule has 2 rings (SSSR count). The molecule has 1 atom stereocenters. The van der Waals surface area contributed by atoms with Crippen LogP contribution in [0.25, 0.3) is 0 Å². The van der Waals surface area contributed by atoms with E-state index in [0.717, 1.165) is 13.0 Å². The van der Waals surface area contributed by atoms with Crippen molar-refractivity contribution in [1.82, 2.24) is 9.78 Å². The minimum atomic E-state index is 0.182. The monoisotopic (exact) mass is 232 g/mol. The van der Waals surface area contributed by atoms with Crippen molar-refractivity contribution in [2.24, 2.45) is 0 Å². The standard InChI is InChI=1S/C7H9BrN2O2/c8-7-6(11)3-9-10(7)5-1-2-12-4-5/h3,5,11H,1-2,4H2. The molecule has 0 spiro atoms. The van der Waals surface area contributed by atoms with Crippen LogP contribution in [0.2, 0.25) is 0 Å². The van der Waals surface area contributed by atoms with Crippen LogP contribution >= 0.6 is 15.9 Å². The predicted molar refractivity (Wildman–Crippen MR) is 46.1 cm³/mol. The Bertz CT molecular complexity index is 281. The first kappa shape index (κ1) is 8.07. The molecule has 1 aliphatic rings. The number of ether oxygens (including phenoxy) is 1. The number of rotatable bonds is 1. The molecule has 0 saturated carbocycles. The average molecular weight is 233 g/mol. The van der Waals surface area contributed by atoms with Gasteiger partial charge in [-0.25, -0.2) is 4.68 Å². The Morgan fingerprint density at radius 2 is 2.58 bits per heavy atom. The van der Waals surface area contributed by atoms with E-state index >= 15 is 0 Å². The summed E-state index contributed by atoms with van der Waals surface area (Å²) in [5.41, 5.74) is 0. The highest BCUT2D eigenvalue weighted by molar-refractivity contribution is 9.10. The Labute approximate surface area is 78.3 Å². The fourth-order valence-electron chi connectivity index (χ4n) is 1.31. The third-order valence-corrected chi connectivity index (χ3v) is 2.74. The van der Waals surface area contributed by atoms with Crippen molar-refractivity contribution in [2.45, 2.75) is 12.5 Å². The van der Waals surface area contributed by atoms with Crippen LogP contribution in [0.3, 0.4) is 0 Å². The van der Waals surface area contributed by atoms with Gasteiger partial charge in [0, 0.05) is 6.61 Å². The van der Waals surface area contributed by atoms with Gasteiger partial charge in [0.1, 0.15) is 4.60 Å². The molecule has 1 aliphatic heterocycles. The van der Waals surface area contributed by atoms with E-state index in [0.29, 0.717) is 11.2 Å². The summed E-state index contributed by atoms with van der Waals surface area (Å²) in [6, 6.07) is 0.264. The maximum absolute atomic E-state index is 9.23. The van der Waals surface area contributed by atoms with Gasteiger partial charge in [0.2, 0.25) is 0 Å². The molecule has 5 heteroatoms. The zero-order chi connectivity index (χ0) is 8.55. The second-order valence-corrected chi connectivity index (χ2v) is 3.53. The first-order chi connectivity index (χ1) is 5.79. The van der Waals surface area contributed by atoms with Gasteiger partial charge in [-0.05, 0) is 22.4 Å². The summed E-state index contributed by atoms with van der Waals surface area (Å²) in [7, 11) is 0. The molecule has 1 aromatic heterocycles. The van der Waals surface area contributed by atoms with Crippen LogP contribution in [-0.4, -0.2) is 28.1 Å². The Hall–Kier alpha value is -0.550. The molecule has 66 valence electrons. The zero-order valence-corrected chi connectivity index (χ0v) is 7.99. The molecule has 0 aromatic carbocycles. The molecule has 0 radical (unpaired) electrons. The molecule has 1 unspecified atom stereocenters. The molecular formula is C7H9BrN2O2. The van der Waals surface area contributed by atoms with Gasteiger partial charge in [-0.3, -0.25) is 0 Å². The van der Waals surface area contributed by atoms with Gasteiger partial charge >= 0.3 is 0 Å². The van der Waals surface area contributed by atoms with E-state index in [1.807, 2.05) is 0 Å². The Morgan fingerprint density at radius 1 is 1.75 bits per heavy atom. The van der Waals surface area contributed by atoms with E-state index in [1.165, 1.54) is 6.20 Å². The smallest absolute Gasteiger partial charge is 0.168 e. The lowest BCUT2D eigenvalue weighted by Crippen LogP contribution is -2.10. The second kappa shape index (κ2) is 3.06. The van der Waals surface area contributed by atoms with Gasteiger partial charge in [-0.2, -0.15) is 5.10 Å². The van der Waals surface area contributed by atoms with Crippen molar-refractivity contribution in [3.8, 4) is 5.75 Å². The van der Waals surface area contributed by atoms with Gasteiger partial charge in [0.25, 0.3) is 0 Å². The zero-order valence-electron chi connectivity index (χ0n) is 6.40.